The summed E-state index contributed by atoms with van der Waals surface area (Å²) in [6.07, 6.45) is 2.78. The van der Waals surface area contributed by atoms with Gasteiger partial charge in [-0.1, -0.05) is 44.2 Å². The second kappa shape index (κ2) is 7.08. The van der Waals surface area contributed by atoms with Crippen molar-refractivity contribution < 1.29 is 14.3 Å². The summed E-state index contributed by atoms with van der Waals surface area (Å²) >= 11 is 0. The summed E-state index contributed by atoms with van der Waals surface area (Å²) in [4.78, 5) is 12.5. The van der Waals surface area contributed by atoms with Gasteiger partial charge in [-0.3, -0.25) is 4.79 Å². The van der Waals surface area contributed by atoms with Gasteiger partial charge < -0.3 is 9.47 Å². The van der Waals surface area contributed by atoms with Crippen LogP contribution in [0, 0.1) is 11.3 Å². The predicted octanol–water partition coefficient (Wildman–Crippen LogP) is 3.96. The van der Waals surface area contributed by atoms with Gasteiger partial charge in [0.05, 0.1) is 24.7 Å². The lowest BCUT2D eigenvalue weighted by Gasteiger charge is -2.36. The molecule has 1 fully saturated rings. The molecule has 0 saturated heterocycles. The molecule has 116 valence electrons. The zero-order valence-electron chi connectivity index (χ0n) is 13.3. The summed E-state index contributed by atoms with van der Waals surface area (Å²) in [5.41, 5.74) is 0.663. The monoisotopic (exact) mass is 290 g/mol. The Morgan fingerprint density at radius 1 is 1.33 bits per heavy atom. The maximum Gasteiger partial charge on any atom is 0.314 e. The minimum absolute atomic E-state index is 0.0447. The van der Waals surface area contributed by atoms with Crippen LogP contribution in [0.2, 0.25) is 0 Å². The van der Waals surface area contributed by atoms with E-state index >= 15 is 0 Å². The van der Waals surface area contributed by atoms with Crippen LogP contribution in [0.4, 0.5) is 0 Å². The number of esters is 1. The molecule has 3 heteroatoms. The van der Waals surface area contributed by atoms with E-state index in [2.05, 4.69) is 26.0 Å². The van der Waals surface area contributed by atoms with Gasteiger partial charge in [-0.2, -0.15) is 0 Å². The van der Waals surface area contributed by atoms with E-state index in [1.807, 2.05) is 25.1 Å². The summed E-state index contributed by atoms with van der Waals surface area (Å²) < 4.78 is 11.5. The van der Waals surface area contributed by atoms with Crippen LogP contribution in [0.15, 0.2) is 30.3 Å². The average molecular weight is 290 g/mol. The van der Waals surface area contributed by atoms with Crippen LogP contribution in [-0.2, 0) is 20.9 Å². The molecule has 1 aromatic rings. The van der Waals surface area contributed by atoms with E-state index in [1.165, 1.54) is 0 Å². The van der Waals surface area contributed by atoms with E-state index in [4.69, 9.17) is 9.47 Å². The lowest BCUT2D eigenvalue weighted by molar-refractivity contribution is -0.169. The number of rotatable bonds is 6. The van der Waals surface area contributed by atoms with E-state index in [0.717, 1.165) is 24.8 Å². The van der Waals surface area contributed by atoms with Gasteiger partial charge in [0.25, 0.3) is 0 Å². The van der Waals surface area contributed by atoms with Gasteiger partial charge in [0.2, 0.25) is 0 Å². The molecule has 2 unspecified atom stereocenters. The minimum Gasteiger partial charge on any atom is -0.465 e. The molecule has 21 heavy (non-hydrogen) atoms. The Balaban J connectivity index is 2.11. The summed E-state index contributed by atoms with van der Waals surface area (Å²) in [6, 6.07) is 10.1. The molecule has 1 aliphatic carbocycles. The van der Waals surface area contributed by atoms with E-state index in [9.17, 15) is 4.79 Å². The zero-order chi connectivity index (χ0) is 15.3. The van der Waals surface area contributed by atoms with Gasteiger partial charge in [-0.15, -0.1) is 0 Å². The van der Waals surface area contributed by atoms with Crippen molar-refractivity contribution in [1.82, 2.24) is 0 Å². The van der Waals surface area contributed by atoms with Crippen LogP contribution in [-0.4, -0.2) is 18.7 Å². The largest absolute Gasteiger partial charge is 0.465 e. The van der Waals surface area contributed by atoms with Gasteiger partial charge in [0.1, 0.15) is 0 Å². The van der Waals surface area contributed by atoms with Gasteiger partial charge in [0, 0.05) is 0 Å². The van der Waals surface area contributed by atoms with E-state index in [1.54, 1.807) is 0 Å². The molecular weight excluding hydrogens is 264 g/mol. The van der Waals surface area contributed by atoms with Crippen LogP contribution in [0.25, 0.3) is 0 Å². The molecule has 1 aliphatic rings. The second-order valence-electron chi connectivity index (χ2n) is 6.09. The SMILES string of the molecule is CCOC(=O)C1(C(C)C)CCCC1OCc1ccccc1. The van der Waals surface area contributed by atoms with Crippen molar-refractivity contribution in [3.8, 4) is 0 Å². The van der Waals surface area contributed by atoms with E-state index in [0.29, 0.717) is 13.2 Å². The minimum atomic E-state index is -0.481. The van der Waals surface area contributed by atoms with E-state index in [-0.39, 0.29) is 18.0 Å². The van der Waals surface area contributed by atoms with E-state index < -0.39 is 5.41 Å². The van der Waals surface area contributed by atoms with Crippen molar-refractivity contribution in [2.75, 3.05) is 6.61 Å². The fraction of sp³-hybridized carbons (Fsp3) is 0.611. The molecule has 2 rings (SSSR count). The first-order valence-electron chi connectivity index (χ1n) is 7.94. The molecule has 1 saturated carbocycles. The van der Waals surface area contributed by atoms with Crippen LogP contribution in [0.3, 0.4) is 0 Å². The normalized spacial score (nSPS) is 25.2. The predicted molar refractivity (Wildman–Crippen MR) is 82.8 cm³/mol. The maximum absolute atomic E-state index is 12.5. The third kappa shape index (κ3) is 3.29. The summed E-state index contributed by atoms with van der Waals surface area (Å²) in [7, 11) is 0. The highest BCUT2D eigenvalue weighted by Crippen LogP contribution is 2.47. The lowest BCUT2D eigenvalue weighted by Crippen LogP contribution is -2.45. The topological polar surface area (TPSA) is 35.5 Å². The third-order valence-electron chi connectivity index (χ3n) is 4.61. The molecule has 0 heterocycles. The zero-order valence-corrected chi connectivity index (χ0v) is 13.3. The number of carbonyl (C=O) groups excluding carboxylic acids is 1. The van der Waals surface area contributed by atoms with Gasteiger partial charge in [0.15, 0.2) is 0 Å². The van der Waals surface area contributed by atoms with Crippen LogP contribution in [0.5, 0.6) is 0 Å². The number of hydrogen-bond donors (Lipinski definition) is 0. The second-order valence-corrected chi connectivity index (χ2v) is 6.09. The van der Waals surface area contributed by atoms with Gasteiger partial charge in [-0.25, -0.2) is 0 Å². The maximum atomic E-state index is 12.5. The Labute approximate surface area is 127 Å². The molecule has 0 bridgehead atoms. The Morgan fingerprint density at radius 3 is 2.67 bits per heavy atom. The first kappa shape index (κ1) is 16.0. The number of benzene rings is 1. The standard InChI is InChI=1S/C18H26O3/c1-4-20-17(19)18(14(2)3)12-8-11-16(18)21-13-15-9-6-5-7-10-15/h5-7,9-10,14,16H,4,8,11-13H2,1-3H3. The molecule has 0 aromatic heterocycles. The Bertz CT molecular complexity index is 455. The molecule has 0 radical (unpaired) electrons. The van der Waals surface area contributed by atoms with Crippen molar-refractivity contribution in [2.45, 2.75) is 52.7 Å². The lowest BCUT2D eigenvalue weighted by atomic mass is 9.74. The number of carbonyl (C=O) groups is 1. The molecule has 3 nitrogen and oxygen atoms in total. The smallest absolute Gasteiger partial charge is 0.314 e. The Hall–Kier alpha value is -1.35. The van der Waals surface area contributed by atoms with Crippen molar-refractivity contribution in [2.24, 2.45) is 11.3 Å². The Kier molecular flexibility index (Phi) is 5.40. The van der Waals surface area contributed by atoms with Crippen molar-refractivity contribution >= 4 is 5.97 Å². The summed E-state index contributed by atoms with van der Waals surface area (Å²) in [5.74, 6) is 0.135. The highest BCUT2D eigenvalue weighted by molar-refractivity contribution is 5.78. The quantitative estimate of drug-likeness (QED) is 0.744. The molecule has 0 spiro atoms. The average Bonchev–Trinajstić information content (AvgIpc) is 2.91. The highest BCUT2D eigenvalue weighted by Gasteiger charge is 2.53. The van der Waals surface area contributed by atoms with Crippen molar-refractivity contribution in [3.63, 3.8) is 0 Å². The van der Waals surface area contributed by atoms with Gasteiger partial charge in [-0.05, 0) is 37.7 Å². The van der Waals surface area contributed by atoms with Crippen LogP contribution < -0.4 is 0 Å². The van der Waals surface area contributed by atoms with Gasteiger partial charge >= 0.3 is 5.97 Å². The van der Waals surface area contributed by atoms with Crippen molar-refractivity contribution in [3.05, 3.63) is 35.9 Å². The fourth-order valence-corrected chi connectivity index (χ4v) is 3.40. The summed E-state index contributed by atoms with van der Waals surface area (Å²) in [5, 5.41) is 0. The highest BCUT2D eigenvalue weighted by atomic mass is 16.5. The molecule has 0 N–H and O–H groups in total. The fourth-order valence-electron chi connectivity index (χ4n) is 3.40. The summed E-state index contributed by atoms with van der Waals surface area (Å²) in [6.45, 7) is 7.04. The first-order valence-corrected chi connectivity index (χ1v) is 7.94. The molecule has 0 amide bonds. The molecule has 1 aromatic carbocycles. The van der Waals surface area contributed by atoms with Crippen LogP contribution in [0.1, 0.15) is 45.6 Å². The Morgan fingerprint density at radius 2 is 2.05 bits per heavy atom. The molecule has 2 atom stereocenters. The first-order chi connectivity index (χ1) is 10.1. The molecule has 0 aliphatic heterocycles. The molecular formula is C18H26O3. The van der Waals surface area contributed by atoms with Crippen LogP contribution >= 0.6 is 0 Å². The number of hydrogen-bond acceptors (Lipinski definition) is 3. The third-order valence-corrected chi connectivity index (χ3v) is 4.61. The number of ether oxygens (including phenoxy) is 2. The van der Waals surface area contributed by atoms with Crippen molar-refractivity contribution in [1.29, 1.82) is 0 Å².